The number of nitrogens with zero attached hydrogens (tertiary/aromatic N) is 4. The minimum absolute atomic E-state index is 0.0331. The molecule has 138 valence electrons. The number of nitrogens with one attached hydrogen (secondary N) is 2. The number of nitrogen functional groups attached to an aromatic ring is 1. The standard InChI is InChI=1S/C14H16ClN7O3S/c1-2-5-26(24,25)21-13-19-11(16)10-12(20-13)22(14(23)18-10)7-8-3-4-9(15)17-6-8/h3-4,6H,2,5,7H2,1H3,(H,18,23)(H3,16,19,20,21). The largest absolute Gasteiger partial charge is 0.382 e. The molecule has 26 heavy (non-hydrogen) atoms. The summed E-state index contributed by atoms with van der Waals surface area (Å²) in [7, 11) is -3.59. The third kappa shape index (κ3) is 3.78. The maximum Gasteiger partial charge on any atom is 0.328 e. The molecule has 10 nitrogen and oxygen atoms in total. The second kappa shape index (κ2) is 6.92. The fourth-order valence-corrected chi connectivity index (χ4v) is 3.51. The van der Waals surface area contributed by atoms with Gasteiger partial charge in [-0.25, -0.2) is 18.2 Å². The van der Waals surface area contributed by atoms with Gasteiger partial charge in [0.05, 0.1) is 12.3 Å². The highest BCUT2D eigenvalue weighted by Crippen LogP contribution is 2.18. The SMILES string of the molecule is CCCS(=O)(=O)Nc1nc(N)c2[nH]c(=O)n(Cc3ccc(Cl)nc3)c2n1. The molecule has 12 heteroatoms. The van der Waals surface area contributed by atoms with E-state index in [1.165, 1.54) is 10.8 Å². The van der Waals surface area contributed by atoms with Crippen LogP contribution >= 0.6 is 11.6 Å². The normalized spacial score (nSPS) is 11.8. The summed E-state index contributed by atoms with van der Waals surface area (Å²) in [6.45, 7) is 1.89. The zero-order valence-electron chi connectivity index (χ0n) is 13.7. The van der Waals surface area contributed by atoms with Crippen LogP contribution in [0.5, 0.6) is 0 Å². The molecule has 3 aromatic heterocycles. The minimum atomic E-state index is -3.59. The maximum atomic E-state index is 12.3. The summed E-state index contributed by atoms with van der Waals surface area (Å²) in [6.07, 6.45) is 1.97. The van der Waals surface area contributed by atoms with Gasteiger partial charge in [-0.05, 0) is 18.1 Å². The molecule has 0 unspecified atom stereocenters. The molecule has 0 spiro atoms. The average Bonchev–Trinajstić information content (AvgIpc) is 2.86. The lowest BCUT2D eigenvalue weighted by Crippen LogP contribution is -2.20. The summed E-state index contributed by atoms with van der Waals surface area (Å²) in [5.74, 6) is -0.301. The number of pyridine rings is 1. The number of aromatic nitrogens is 5. The smallest absolute Gasteiger partial charge is 0.328 e. The number of rotatable bonds is 6. The summed E-state index contributed by atoms with van der Waals surface area (Å²) in [4.78, 5) is 26.8. The number of H-pyrrole nitrogens is 1. The lowest BCUT2D eigenvalue weighted by Gasteiger charge is -2.08. The number of halogens is 1. The summed E-state index contributed by atoms with van der Waals surface area (Å²) < 4.78 is 27.4. The number of anilines is 2. The molecule has 0 saturated carbocycles. The van der Waals surface area contributed by atoms with Gasteiger partial charge in [0.25, 0.3) is 0 Å². The topological polar surface area (TPSA) is 149 Å². The Morgan fingerprint density at radius 3 is 2.77 bits per heavy atom. The average molecular weight is 398 g/mol. The Balaban J connectivity index is 2.05. The Kier molecular flexibility index (Phi) is 4.83. The third-order valence-electron chi connectivity index (χ3n) is 3.50. The van der Waals surface area contributed by atoms with E-state index in [-0.39, 0.29) is 35.2 Å². The highest BCUT2D eigenvalue weighted by Gasteiger charge is 2.17. The van der Waals surface area contributed by atoms with E-state index in [1.54, 1.807) is 19.1 Å². The lowest BCUT2D eigenvalue weighted by atomic mass is 10.3. The highest BCUT2D eigenvalue weighted by molar-refractivity contribution is 7.92. The molecule has 3 rings (SSSR count). The number of hydrogen-bond acceptors (Lipinski definition) is 7. The van der Waals surface area contributed by atoms with E-state index in [4.69, 9.17) is 17.3 Å². The van der Waals surface area contributed by atoms with E-state index in [9.17, 15) is 13.2 Å². The van der Waals surface area contributed by atoms with Crippen molar-refractivity contribution in [2.24, 2.45) is 0 Å². The minimum Gasteiger partial charge on any atom is -0.382 e. The molecule has 0 aliphatic rings. The molecule has 0 aliphatic carbocycles. The Morgan fingerprint density at radius 2 is 2.12 bits per heavy atom. The van der Waals surface area contributed by atoms with Crippen LogP contribution in [0.3, 0.4) is 0 Å². The van der Waals surface area contributed by atoms with Crippen LogP contribution in [-0.2, 0) is 16.6 Å². The Bertz CT molecular complexity index is 1110. The Hall–Kier alpha value is -2.66. The van der Waals surface area contributed by atoms with E-state index in [0.717, 1.165) is 0 Å². The van der Waals surface area contributed by atoms with Gasteiger partial charge in [-0.1, -0.05) is 24.6 Å². The van der Waals surface area contributed by atoms with Crippen LogP contribution in [0, 0.1) is 0 Å². The Labute approximate surface area is 153 Å². The quantitative estimate of drug-likeness (QED) is 0.524. The van der Waals surface area contributed by atoms with Crippen molar-refractivity contribution in [3.05, 3.63) is 39.5 Å². The molecule has 0 radical (unpaired) electrons. The fourth-order valence-electron chi connectivity index (χ4n) is 2.39. The van der Waals surface area contributed by atoms with Gasteiger partial charge in [0, 0.05) is 6.20 Å². The predicted octanol–water partition coefficient (Wildman–Crippen LogP) is 0.950. The van der Waals surface area contributed by atoms with Gasteiger partial charge in [0.2, 0.25) is 16.0 Å². The second-order valence-electron chi connectivity index (χ2n) is 5.56. The van der Waals surface area contributed by atoms with Crippen molar-refractivity contribution in [3.8, 4) is 0 Å². The molecular weight excluding hydrogens is 382 g/mol. The third-order valence-corrected chi connectivity index (χ3v) is 5.16. The van der Waals surface area contributed by atoms with E-state index in [1.807, 2.05) is 0 Å². The number of hydrogen-bond donors (Lipinski definition) is 3. The van der Waals surface area contributed by atoms with Crippen LogP contribution in [0.15, 0.2) is 23.1 Å². The van der Waals surface area contributed by atoms with Gasteiger partial charge in [-0.3, -0.25) is 9.29 Å². The lowest BCUT2D eigenvalue weighted by molar-refractivity contribution is 0.599. The fraction of sp³-hybridized carbons (Fsp3) is 0.286. The molecule has 0 aliphatic heterocycles. The molecular formula is C14H16ClN7O3S. The van der Waals surface area contributed by atoms with Gasteiger partial charge >= 0.3 is 5.69 Å². The first-order valence-corrected chi connectivity index (χ1v) is 9.69. The molecule has 0 saturated heterocycles. The Morgan fingerprint density at radius 1 is 1.35 bits per heavy atom. The van der Waals surface area contributed by atoms with Crippen molar-refractivity contribution in [1.29, 1.82) is 0 Å². The molecule has 0 amide bonds. The van der Waals surface area contributed by atoms with Crippen molar-refractivity contribution in [3.63, 3.8) is 0 Å². The summed E-state index contributed by atoms with van der Waals surface area (Å²) in [5, 5.41) is 0.333. The number of imidazole rings is 1. The van der Waals surface area contributed by atoms with Gasteiger partial charge in [0.15, 0.2) is 11.5 Å². The van der Waals surface area contributed by atoms with E-state index in [0.29, 0.717) is 17.1 Å². The molecule has 0 bridgehead atoms. The zero-order valence-corrected chi connectivity index (χ0v) is 15.3. The van der Waals surface area contributed by atoms with Crippen molar-refractivity contribution >= 4 is 44.6 Å². The second-order valence-corrected chi connectivity index (χ2v) is 7.79. The molecule has 3 aromatic rings. The number of fused-ring (bicyclic) bond motifs is 1. The van der Waals surface area contributed by atoms with Crippen LogP contribution in [-0.4, -0.2) is 38.7 Å². The van der Waals surface area contributed by atoms with Crippen LogP contribution < -0.4 is 16.1 Å². The predicted molar refractivity (Wildman–Crippen MR) is 98.6 cm³/mol. The molecule has 3 heterocycles. The molecule has 0 fully saturated rings. The van der Waals surface area contributed by atoms with Gasteiger partial charge < -0.3 is 10.7 Å². The van der Waals surface area contributed by atoms with E-state index >= 15 is 0 Å². The number of aromatic amines is 1. The van der Waals surface area contributed by atoms with E-state index in [2.05, 4.69) is 24.7 Å². The number of sulfonamides is 1. The van der Waals surface area contributed by atoms with Gasteiger partial charge in [0.1, 0.15) is 10.7 Å². The zero-order chi connectivity index (χ0) is 18.9. The number of nitrogens with two attached hydrogens (primary N) is 1. The van der Waals surface area contributed by atoms with Crippen LogP contribution in [0.2, 0.25) is 5.15 Å². The maximum absolute atomic E-state index is 12.3. The molecule has 0 atom stereocenters. The first-order chi connectivity index (χ1) is 12.3. The summed E-state index contributed by atoms with van der Waals surface area (Å²) >= 11 is 5.76. The molecule has 4 N–H and O–H groups in total. The monoisotopic (exact) mass is 397 g/mol. The van der Waals surface area contributed by atoms with Crippen molar-refractivity contribution < 1.29 is 8.42 Å². The van der Waals surface area contributed by atoms with Gasteiger partial charge in [-0.15, -0.1) is 0 Å². The van der Waals surface area contributed by atoms with Crippen LogP contribution in [0.25, 0.3) is 11.2 Å². The van der Waals surface area contributed by atoms with Crippen LogP contribution in [0.4, 0.5) is 11.8 Å². The van der Waals surface area contributed by atoms with Crippen molar-refractivity contribution in [2.75, 3.05) is 16.2 Å². The van der Waals surface area contributed by atoms with E-state index < -0.39 is 15.7 Å². The van der Waals surface area contributed by atoms with Crippen LogP contribution in [0.1, 0.15) is 18.9 Å². The van der Waals surface area contributed by atoms with Crippen molar-refractivity contribution in [2.45, 2.75) is 19.9 Å². The van der Waals surface area contributed by atoms with Gasteiger partial charge in [-0.2, -0.15) is 9.97 Å². The highest BCUT2D eigenvalue weighted by atomic mass is 35.5. The summed E-state index contributed by atoms with van der Waals surface area (Å²) in [6, 6.07) is 3.32. The first kappa shape index (κ1) is 18.1. The van der Waals surface area contributed by atoms with Crippen molar-refractivity contribution in [1.82, 2.24) is 24.5 Å². The first-order valence-electron chi connectivity index (χ1n) is 7.66. The summed E-state index contributed by atoms with van der Waals surface area (Å²) in [5.41, 5.74) is 6.52. The molecule has 0 aromatic carbocycles.